The summed E-state index contributed by atoms with van der Waals surface area (Å²) in [4.78, 5) is 0. The zero-order valence-electron chi connectivity index (χ0n) is 23.9. The summed E-state index contributed by atoms with van der Waals surface area (Å²) in [5, 5.41) is 0. The van der Waals surface area contributed by atoms with E-state index in [-0.39, 0.29) is 0 Å². The summed E-state index contributed by atoms with van der Waals surface area (Å²) in [5.41, 5.74) is 8.26. The molecule has 0 heteroatoms. The fourth-order valence-electron chi connectivity index (χ4n) is 6.94. The Kier molecular flexibility index (Phi) is 10.6. The quantitative estimate of drug-likeness (QED) is 0.160. The van der Waals surface area contributed by atoms with Crippen LogP contribution < -0.4 is 0 Å². The van der Waals surface area contributed by atoms with E-state index in [1.54, 1.807) is 0 Å². The van der Waals surface area contributed by atoms with Crippen LogP contribution in [0.5, 0.6) is 0 Å². The molecule has 200 valence electrons. The minimum absolute atomic E-state index is 0.331. The third-order valence-corrected chi connectivity index (χ3v) is 9.00. The van der Waals surface area contributed by atoms with Gasteiger partial charge in [-0.1, -0.05) is 143 Å². The number of benzene rings is 3. The second-order valence-electron chi connectivity index (χ2n) is 11.6. The van der Waals surface area contributed by atoms with E-state index in [9.17, 15) is 0 Å². The van der Waals surface area contributed by atoms with E-state index in [1.165, 1.54) is 84.8 Å². The predicted molar refractivity (Wildman–Crippen MR) is 166 cm³/mol. The maximum atomic E-state index is 4.88. The third-order valence-electron chi connectivity index (χ3n) is 9.00. The zero-order chi connectivity index (χ0) is 26.7. The lowest BCUT2D eigenvalue weighted by Gasteiger charge is -2.40. The monoisotopic (exact) mass is 504 g/mol. The summed E-state index contributed by atoms with van der Waals surface area (Å²) in [6.45, 7) is 14.3. The molecule has 0 aromatic heterocycles. The molecule has 38 heavy (non-hydrogen) atoms. The number of unbranched alkanes of at least 4 members (excludes halogenated alkanes) is 2. The van der Waals surface area contributed by atoms with Crippen molar-refractivity contribution in [1.82, 2.24) is 0 Å². The van der Waals surface area contributed by atoms with Gasteiger partial charge in [0.15, 0.2) is 0 Å². The van der Waals surface area contributed by atoms with Crippen LogP contribution in [0.15, 0.2) is 104 Å². The number of rotatable bonds is 13. The lowest BCUT2D eigenvalue weighted by atomic mass is 9.64. The van der Waals surface area contributed by atoms with Crippen LogP contribution >= 0.6 is 0 Å². The van der Waals surface area contributed by atoms with E-state index in [0.29, 0.717) is 23.7 Å². The summed E-state index contributed by atoms with van der Waals surface area (Å²) < 4.78 is 0. The molecule has 0 N–H and O–H groups in total. The van der Waals surface area contributed by atoms with Crippen LogP contribution in [0.2, 0.25) is 0 Å². The highest BCUT2D eigenvalue weighted by atomic mass is 14.4. The molecule has 0 aliphatic heterocycles. The van der Waals surface area contributed by atoms with Gasteiger partial charge in [-0.05, 0) is 84.6 Å². The van der Waals surface area contributed by atoms with Gasteiger partial charge < -0.3 is 0 Å². The van der Waals surface area contributed by atoms with Crippen molar-refractivity contribution < 1.29 is 0 Å². The molecule has 0 nitrogen and oxygen atoms in total. The lowest BCUT2D eigenvalue weighted by Crippen LogP contribution is -2.29. The fraction of sp³-hybridized carbons (Fsp3) is 0.421. The average Bonchev–Trinajstić information content (AvgIpc) is 2.96. The molecule has 3 aromatic rings. The second kappa shape index (κ2) is 14.3. The van der Waals surface area contributed by atoms with E-state index in [4.69, 9.17) is 13.2 Å². The van der Waals surface area contributed by atoms with Crippen molar-refractivity contribution in [3.05, 3.63) is 126 Å². The smallest absolute Gasteiger partial charge is 0.00953 e. The van der Waals surface area contributed by atoms with Crippen molar-refractivity contribution in [2.45, 2.75) is 84.0 Å². The summed E-state index contributed by atoms with van der Waals surface area (Å²) >= 11 is 0. The van der Waals surface area contributed by atoms with Crippen molar-refractivity contribution in [1.29, 1.82) is 0 Å². The van der Waals surface area contributed by atoms with Crippen LogP contribution in [-0.2, 0) is 0 Å². The Morgan fingerprint density at radius 1 is 0.763 bits per heavy atom. The van der Waals surface area contributed by atoms with E-state index in [2.05, 4.69) is 98.8 Å². The van der Waals surface area contributed by atoms with Gasteiger partial charge in [-0.15, -0.1) is 0 Å². The van der Waals surface area contributed by atoms with Gasteiger partial charge in [-0.25, -0.2) is 0 Å². The molecule has 1 saturated carbocycles. The average molecular weight is 505 g/mol. The maximum Gasteiger partial charge on any atom is 0.00953 e. The second-order valence-corrected chi connectivity index (χ2v) is 11.6. The summed E-state index contributed by atoms with van der Waals surface area (Å²) in [7, 11) is 0. The van der Waals surface area contributed by atoms with Crippen LogP contribution in [0.25, 0.3) is 5.57 Å². The Balaban J connectivity index is 1.79. The van der Waals surface area contributed by atoms with Crippen LogP contribution in [0.1, 0.15) is 99.3 Å². The highest BCUT2D eigenvalue weighted by molar-refractivity contribution is 5.69. The molecule has 1 aliphatic carbocycles. The van der Waals surface area contributed by atoms with Crippen LogP contribution in [0.4, 0.5) is 0 Å². The Labute approximate surface area is 232 Å². The molecule has 0 radical (unpaired) electrons. The molecule has 1 fully saturated rings. The minimum Gasteiger partial charge on any atom is -0.0995 e. The Hall–Kier alpha value is -2.86. The van der Waals surface area contributed by atoms with Gasteiger partial charge in [0, 0.05) is 5.92 Å². The first-order valence-electron chi connectivity index (χ1n) is 15.1. The van der Waals surface area contributed by atoms with Crippen LogP contribution in [-0.4, -0.2) is 0 Å². The van der Waals surface area contributed by atoms with Gasteiger partial charge in [0.2, 0.25) is 0 Å². The van der Waals surface area contributed by atoms with Gasteiger partial charge in [0.25, 0.3) is 0 Å². The van der Waals surface area contributed by atoms with E-state index in [0.717, 1.165) is 12.8 Å². The van der Waals surface area contributed by atoms with Gasteiger partial charge in [0.1, 0.15) is 0 Å². The summed E-state index contributed by atoms with van der Waals surface area (Å²) in [6.07, 6.45) is 12.8. The minimum atomic E-state index is 0.331. The first-order valence-corrected chi connectivity index (χ1v) is 15.1. The molecule has 1 aliphatic rings. The van der Waals surface area contributed by atoms with Gasteiger partial charge >= 0.3 is 0 Å². The Morgan fingerprint density at radius 3 is 1.92 bits per heavy atom. The molecule has 2 atom stereocenters. The Morgan fingerprint density at radius 2 is 1.34 bits per heavy atom. The van der Waals surface area contributed by atoms with E-state index < -0.39 is 0 Å². The largest absolute Gasteiger partial charge is 0.0995 e. The van der Waals surface area contributed by atoms with E-state index in [1.807, 2.05) is 0 Å². The molecular weight excluding hydrogens is 456 g/mol. The highest BCUT2D eigenvalue weighted by Gasteiger charge is 2.36. The molecular formula is C38H48. The number of hydrogen-bond donors (Lipinski definition) is 0. The molecule has 2 unspecified atom stereocenters. The van der Waals surface area contributed by atoms with Crippen molar-refractivity contribution in [2.75, 3.05) is 0 Å². The molecule has 0 heterocycles. The number of hydrogen-bond acceptors (Lipinski definition) is 0. The van der Waals surface area contributed by atoms with Crippen molar-refractivity contribution >= 4 is 5.57 Å². The normalized spacial score (nSPS) is 15.8. The highest BCUT2D eigenvalue weighted by Crippen LogP contribution is 2.48. The van der Waals surface area contributed by atoms with Gasteiger partial charge in [-0.3, -0.25) is 0 Å². The predicted octanol–water partition coefficient (Wildman–Crippen LogP) is 11.2. The van der Waals surface area contributed by atoms with Crippen LogP contribution in [0, 0.1) is 24.7 Å². The lowest BCUT2D eigenvalue weighted by molar-refractivity contribution is 0.224. The third kappa shape index (κ3) is 7.16. The molecule has 3 aromatic carbocycles. The molecule has 0 amide bonds. The first-order chi connectivity index (χ1) is 18.6. The van der Waals surface area contributed by atoms with Gasteiger partial charge in [0.05, 0.1) is 0 Å². The maximum absolute atomic E-state index is 4.88. The van der Waals surface area contributed by atoms with Crippen molar-refractivity contribution in [2.24, 2.45) is 17.8 Å². The van der Waals surface area contributed by atoms with Crippen molar-refractivity contribution in [3.63, 3.8) is 0 Å². The first kappa shape index (κ1) is 28.2. The van der Waals surface area contributed by atoms with Gasteiger partial charge in [-0.2, -0.15) is 0 Å². The SMILES string of the molecule is C=C(c1ccccc1C)C(CC(c1ccccc1)c1ccccc1)C(C(=C)CCCCC)C1CCCCC1. The van der Waals surface area contributed by atoms with E-state index >= 15 is 0 Å². The molecule has 0 bridgehead atoms. The summed E-state index contributed by atoms with van der Waals surface area (Å²) in [6, 6.07) is 31.2. The van der Waals surface area contributed by atoms with Crippen molar-refractivity contribution in [3.8, 4) is 0 Å². The summed E-state index contributed by atoms with van der Waals surface area (Å²) in [5.74, 6) is 1.88. The zero-order valence-corrected chi connectivity index (χ0v) is 23.9. The molecule has 4 rings (SSSR count). The number of allylic oxidation sites excluding steroid dienone is 2. The van der Waals surface area contributed by atoms with Crippen LogP contribution in [0.3, 0.4) is 0 Å². The topological polar surface area (TPSA) is 0 Å². The standard InChI is InChI=1S/C38H48/c1-5-6-10-20-30(3)38(34-25-15-9-16-26-34)36(31(4)35-27-18-17-19-29(35)2)28-37(32-21-11-7-12-22-32)33-23-13-8-14-24-33/h7-8,11-14,17-19,21-24,27,34,36-38H,3-6,9-10,15-16,20,25-26,28H2,1-2H3. The molecule has 0 saturated heterocycles. The molecule has 0 spiro atoms. The Bertz CT molecular complexity index is 1090. The fourth-order valence-corrected chi connectivity index (χ4v) is 6.94. The number of aryl methyl sites for hydroxylation is 1.